The van der Waals surface area contributed by atoms with E-state index in [-0.39, 0.29) is 12.5 Å². The van der Waals surface area contributed by atoms with Crippen LogP contribution in [0.25, 0.3) is 0 Å². The molecule has 1 aromatic heterocycles. The van der Waals surface area contributed by atoms with E-state index in [2.05, 4.69) is 20.0 Å². The number of hydrogen-bond donors (Lipinski definition) is 2. The molecule has 1 saturated heterocycles. The molecule has 0 aliphatic carbocycles. The van der Waals surface area contributed by atoms with Crippen LogP contribution < -0.4 is 10.1 Å². The zero-order valence-corrected chi connectivity index (χ0v) is 13.8. The Bertz CT molecular complexity index is 670. The van der Waals surface area contributed by atoms with Crippen molar-refractivity contribution in [2.24, 2.45) is 5.92 Å². The van der Waals surface area contributed by atoms with E-state index < -0.39 is 54.6 Å². The monoisotopic (exact) mass is 384 g/mol. The van der Waals surface area contributed by atoms with Gasteiger partial charge in [0.05, 0.1) is 19.7 Å². The topological polar surface area (TPSA) is 87.6 Å². The molecule has 0 saturated carbocycles. The summed E-state index contributed by atoms with van der Waals surface area (Å²) >= 11 is 0. The highest BCUT2D eigenvalue weighted by Crippen LogP contribution is 2.36. The van der Waals surface area contributed by atoms with E-state index in [1.165, 1.54) is 6.92 Å². The van der Waals surface area contributed by atoms with Gasteiger partial charge in [0.15, 0.2) is 0 Å². The minimum atomic E-state index is -4.70. The van der Waals surface area contributed by atoms with Crippen molar-refractivity contribution < 1.29 is 36.6 Å². The SMILES string of the molecule is COc1nc(NCC2C(C)CC(F)(F)CN2C(=O)O)ncc1C(F)(F)F. The fourth-order valence-electron chi connectivity index (χ4n) is 2.86. The van der Waals surface area contributed by atoms with E-state index in [9.17, 15) is 26.7 Å². The molecule has 1 fully saturated rings. The number of nitrogens with one attached hydrogen (secondary N) is 1. The van der Waals surface area contributed by atoms with Crippen LogP contribution in [0.5, 0.6) is 5.88 Å². The first-order chi connectivity index (χ1) is 11.9. The van der Waals surface area contributed by atoms with Gasteiger partial charge in [0.25, 0.3) is 5.92 Å². The number of likely N-dealkylation sites (tertiary alicyclic amines) is 1. The molecule has 7 nitrogen and oxygen atoms in total. The smallest absolute Gasteiger partial charge is 0.423 e. The lowest BCUT2D eigenvalue weighted by molar-refractivity contribution is -0.139. The normalized spacial score (nSPS) is 22.8. The van der Waals surface area contributed by atoms with Gasteiger partial charge in [-0.3, -0.25) is 4.90 Å². The summed E-state index contributed by atoms with van der Waals surface area (Å²) in [5.74, 6) is -4.75. The van der Waals surface area contributed by atoms with Gasteiger partial charge in [-0.2, -0.15) is 18.2 Å². The Morgan fingerprint density at radius 3 is 2.69 bits per heavy atom. The summed E-state index contributed by atoms with van der Waals surface area (Å²) in [6.45, 7) is 0.387. The molecule has 146 valence electrons. The van der Waals surface area contributed by atoms with Gasteiger partial charge in [-0.15, -0.1) is 0 Å². The molecule has 26 heavy (non-hydrogen) atoms. The molecule has 2 unspecified atom stereocenters. The minimum Gasteiger partial charge on any atom is -0.480 e. The first kappa shape index (κ1) is 19.9. The first-order valence-corrected chi connectivity index (χ1v) is 7.54. The molecular formula is C14H17F5N4O3. The predicted molar refractivity (Wildman–Crippen MR) is 79.3 cm³/mol. The van der Waals surface area contributed by atoms with Crippen molar-refractivity contribution >= 4 is 12.0 Å². The lowest BCUT2D eigenvalue weighted by atomic mass is 9.89. The standard InChI is InChI=1S/C14H17F5N4O3/c1-7-3-13(15,16)6-23(12(24)25)9(7)5-21-11-20-4-8(14(17,18)19)10(22-11)26-2/h4,7,9H,3,5-6H2,1-2H3,(H,24,25)(H,20,21,22). The third kappa shape index (κ3) is 4.41. The van der Waals surface area contributed by atoms with Crippen LogP contribution in [-0.2, 0) is 6.18 Å². The van der Waals surface area contributed by atoms with E-state index in [1.807, 2.05) is 0 Å². The zero-order chi connectivity index (χ0) is 19.7. The van der Waals surface area contributed by atoms with Crippen LogP contribution in [0.4, 0.5) is 32.7 Å². The lowest BCUT2D eigenvalue weighted by Gasteiger charge is -2.41. The average molecular weight is 384 g/mol. The minimum absolute atomic E-state index is 0.141. The number of halogens is 5. The van der Waals surface area contributed by atoms with Gasteiger partial charge < -0.3 is 15.2 Å². The molecule has 0 spiro atoms. The summed E-state index contributed by atoms with van der Waals surface area (Å²) in [4.78, 5) is 19.0. The highest BCUT2D eigenvalue weighted by atomic mass is 19.4. The second kappa shape index (κ2) is 7.08. The Kier molecular flexibility index (Phi) is 5.42. The van der Waals surface area contributed by atoms with Crippen LogP contribution in [0.3, 0.4) is 0 Å². The van der Waals surface area contributed by atoms with Gasteiger partial charge in [-0.1, -0.05) is 6.92 Å². The number of aromatic nitrogens is 2. The number of hydrogen-bond acceptors (Lipinski definition) is 5. The van der Waals surface area contributed by atoms with Crippen molar-refractivity contribution in [1.82, 2.24) is 14.9 Å². The molecular weight excluding hydrogens is 367 g/mol. The second-order valence-corrected chi connectivity index (χ2v) is 6.01. The Labute approximate surface area is 145 Å². The summed E-state index contributed by atoms with van der Waals surface area (Å²) in [7, 11) is 1.01. The number of anilines is 1. The van der Waals surface area contributed by atoms with E-state index in [1.54, 1.807) is 0 Å². The summed E-state index contributed by atoms with van der Waals surface area (Å²) in [6.07, 6.45) is -6.18. The quantitative estimate of drug-likeness (QED) is 0.777. The van der Waals surface area contributed by atoms with Gasteiger partial charge in [-0.05, 0) is 5.92 Å². The molecule has 1 amide bonds. The third-order valence-electron chi connectivity index (χ3n) is 4.05. The summed E-state index contributed by atoms with van der Waals surface area (Å²) in [6, 6.07) is -0.816. The van der Waals surface area contributed by atoms with Crippen molar-refractivity contribution in [2.45, 2.75) is 31.5 Å². The van der Waals surface area contributed by atoms with Crippen LogP contribution in [-0.4, -0.2) is 58.2 Å². The van der Waals surface area contributed by atoms with Crippen molar-refractivity contribution in [2.75, 3.05) is 25.5 Å². The molecule has 2 rings (SSSR count). The number of ether oxygens (including phenoxy) is 1. The molecule has 1 aliphatic rings. The molecule has 2 N–H and O–H groups in total. The number of piperidine rings is 1. The number of amides is 1. The van der Waals surface area contributed by atoms with Crippen LogP contribution in [0, 0.1) is 5.92 Å². The molecule has 2 heterocycles. The van der Waals surface area contributed by atoms with Gasteiger partial charge in [0.1, 0.15) is 5.56 Å². The van der Waals surface area contributed by atoms with Crippen LogP contribution >= 0.6 is 0 Å². The second-order valence-electron chi connectivity index (χ2n) is 6.01. The molecule has 0 bridgehead atoms. The molecule has 0 aromatic carbocycles. The number of alkyl halides is 5. The van der Waals surface area contributed by atoms with Crippen molar-refractivity contribution in [3.05, 3.63) is 11.8 Å². The van der Waals surface area contributed by atoms with Gasteiger partial charge in [0.2, 0.25) is 11.8 Å². The van der Waals surface area contributed by atoms with Gasteiger partial charge >= 0.3 is 12.3 Å². The number of carboxylic acid groups (broad SMARTS) is 1. The Hall–Kier alpha value is -2.40. The maximum atomic E-state index is 13.6. The van der Waals surface area contributed by atoms with E-state index in [0.717, 1.165) is 7.11 Å². The van der Waals surface area contributed by atoms with E-state index in [4.69, 9.17) is 5.11 Å². The summed E-state index contributed by atoms with van der Waals surface area (Å²) < 4.78 is 70.1. The number of methoxy groups -OCH3 is 1. The van der Waals surface area contributed by atoms with E-state index >= 15 is 0 Å². The Balaban J connectivity index is 2.15. The van der Waals surface area contributed by atoms with Crippen LogP contribution in [0.15, 0.2) is 6.20 Å². The Morgan fingerprint density at radius 2 is 2.15 bits per heavy atom. The van der Waals surface area contributed by atoms with E-state index in [0.29, 0.717) is 11.1 Å². The summed E-state index contributed by atoms with van der Waals surface area (Å²) in [5, 5.41) is 11.7. The van der Waals surface area contributed by atoms with Crippen LogP contribution in [0.2, 0.25) is 0 Å². The third-order valence-corrected chi connectivity index (χ3v) is 4.05. The fourth-order valence-corrected chi connectivity index (χ4v) is 2.86. The van der Waals surface area contributed by atoms with Crippen molar-refractivity contribution in [3.63, 3.8) is 0 Å². The summed E-state index contributed by atoms with van der Waals surface area (Å²) in [5.41, 5.74) is -1.16. The number of rotatable bonds is 4. The lowest BCUT2D eigenvalue weighted by Crippen LogP contribution is -2.57. The van der Waals surface area contributed by atoms with Crippen molar-refractivity contribution in [3.8, 4) is 5.88 Å². The van der Waals surface area contributed by atoms with Crippen molar-refractivity contribution in [1.29, 1.82) is 0 Å². The van der Waals surface area contributed by atoms with Gasteiger partial charge in [0, 0.05) is 19.2 Å². The molecule has 0 radical (unpaired) electrons. The molecule has 12 heteroatoms. The maximum Gasteiger partial charge on any atom is 0.423 e. The van der Waals surface area contributed by atoms with Crippen LogP contribution in [0.1, 0.15) is 18.9 Å². The highest BCUT2D eigenvalue weighted by molar-refractivity contribution is 5.66. The fraction of sp³-hybridized carbons (Fsp3) is 0.643. The average Bonchev–Trinajstić information content (AvgIpc) is 2.51. The largest absolute Gasteiger partial charge is 0.480 e. The maximum absolute atomic E-state index is 13.6. The molecule has 1 aromatic rings. The predicted octanol–water partition coefficient (Wildman–Crippen LogP) is 2.94. The number of carbonyl (C=O) groups is 1. The zero-order valence-electron chi connectivity index (χ0n) is 13.8. The Morgan fingerprint density at radius 1 is 1.50 bits per heavy atom. The molecule has 2 atom stereocenters. The van der Waals surface area contributed by atoms with Gasteiger partial charge in [-0.25, -0.2) is 18.6 Å². The first-order valence-electron chi connectivity index (χ1n) is 7.54. The highest BCUT2D eigenvalue weighted by Gasteiger charge is 2.46. The number of nitrogens with zero attached hydrogens (tertiary/aromatic N) is 3. The molecule has 1 aliphatic heterocycles.